The van der Waals surface area contributed by atoms with E-state index >= 15 is 0 Å². The van der Waals surface area contributed by atoms with Crippen LogP contribution in [0.3, 0.4) is 0 Å². The highest BCUT2D eigenvalue weighted by atomic mass is 16.6. The van der Waals surface area contributed by atoms with Gasteiger partial charge in [-0.25, -0.2) is 4.79 Å². The number of fused-ring (bicyclic) bond motifs is 3. The normalized spacial score (nSPS) is 13.1. The lowest BCUT2D eigenvalue weighted by Gasteiger charge is -2.20. The van der Waals surface area contributed by atoms with Crippen molar-refractivity contribution in [2.75, 3.05) is 5.32 Å². The maximum absolute atomic E-state index is 12.0. The van der Waals surface area contributed by atoms with Crippen molar-refractivity contribution in [1.29, 1.82) is 0 Å². The predicted octanol–water partition coefficient (Wildman–Crippen LogP) is 5.19. The summed E-state index contributed by atoms with van der Waals surface area (Å²) >= 11 is 0. The van der Waals surface area contributed by atoms with E-state index in [-0.39, 0.29) is 0 Å². The summed E-state index contributed by atoms with van der Waals surface area (Å²) in [5, 5.41) is 7.63. The fraction of sp³-hybridized carbons (Fsp3) is 0.524. The molecule has 26 heavy (non-hydrogen) atoms. The van der Waals surface area contributed by atoms with E-state index in [4.69, 9.17) is 9.84 Å². The standard InChI is InChI=1S/C21H29N3O2/c1-5-6-7-12-24-14-16-9-8-15-13-17(10-11-18(15)19(16)23-24)22-20(25)26-21(2,3)4/h10-11,13-14H,5-9,12H2,1-4H3,(H,22,25). The Morgan fingerprint density at radius 2 is 2.00 bits per heavy atom. The van der Waals surface area contributed by atoms with E-state index < -0.39 is 11.7 Å². The third kappa shape index (κ3) is 4.45. The molecule has 1 aliphatic rings. The van der Waals surface area contributed by atoms with E-state index in [2.05, 4.69) is 29.2 Å². The number of hydrogen-bond acceptors (Lipinski definition) is 3. The number of ether oxygens (including phenoxy) is 1. The summed E-state index contributed by atoms with van der Waals surface area (Å²) in [6.07, 6.45) is 7.36. The Bertz CT molecular complexity index is 787. The van der Waals surface area contributed by atoms with Gasteiger partial charge in [-0.05, 0) is 63.3 Å². The number of carbonyl (C=O) groups is 1. The summed E-state index contributed by atoms with van der Waals surface area (Å²) in [5.74, 6) is 0. The molecule has 5 nitrogen and oxygen atoms in total. The van der Waals surface area contributed by atoms with Crippen LogP contribution < -0.4 is 5.32 Å². The molecule has 1 heterocycles. The van der Waals surface area contributed by atoms with Gasteiger partial charge < -0.3 is 4.74 Å². The molecule has 2 aromatic rings. The van der Waals surface area contributed by atoms with Gasteiger partial charge in [0.1, 0.15) is 5.60 Å². The first kappa shape index (κ1) is 18.5. The molecule has 0 bridgehead atoms. The number of benzene rings is 1. The van der Waals surface area contributed by atoms with Crippen LogP contribution in [0.5, 0.6) is 0 Å². The van der Waals surface area contributed by atoms with Gasteiger partial charge in [0.25, 0.3) is 0 Å². The number of aryl methyl sites for hydroxylation is 3. The molecule has 0 saturated carbocycles. The second-order valence-corrected chi connectivity index (χ2v) is 7.97. The third-order valence-electron chi connectivity index (χ3n) is 4.50. The Labute approximate surface area is 155 Å². The van der Waals surface area contributed by atoms with Crippen LogP contribution in [-0.4, -0.2) is 21.5 Å². The maximum Gasteiger partial charge on any atom is 0.412 e. The van der Waals surface area contributed by atoms with Crippen molar-refractivity contribution in [2.24, 2.45) is 0 Å². The number of rotatable bonds is 5. The van der Waals surface area contributed by atoms with Crippen LogP contribution in [0.1, 0.15) is 58.1 Å². The molecule has 0 saturated heterocycles. The summed E-state index contributed by atoms with van der Waals surface area (Å²) in [6, 6.07) is 6.02. The average Bonchev–Trinajstić information content (AvgIpc) is 2.96. The Morgan fingerprint density at radius 3 is 2.73 bits per heavy atom. The molecule has 0 fully saturated rings. The first-order valence-electron chi connectivity index (χ1n) is 9.55. The molecule has 0 spiro atoms. The SMILES string of the molecule is CCCCCn1cc2c(n1)-c1ccc(NC(=O)OC(C)(C)C)cc1CC2. The number of aromatic nitrogens is 2. The largest absolute Gasteiger partial charge is 0.444 e. The third-order valence-corrected chi connectivity index (χ3v) is 4.50. The van der Waals surface area contributed by atoms with E-state index in [0.29, 0.717) is 0 Å². The molecule has 0 aliphatic heterocycles. The highest BCUT2D eigenvalue weighted by molar-refractivity contribution is 5.86. The van der Waals surface area contributed by atoms with Crippen molar-refractivity contribution in [1.82, 2.24) is 9.78 Å². The minimum atomic E-state index is -0.502. The van der Waals surface area contributed by atoms with Gasteiger partial charge in [-0.3, -0.25) is 10.00 Å². The van der Waals surface area contributed by atoms with Crippen molar-refractivity contribution in [3.8, 4) is 11.3 Å². The lowest BCUT2D eigenvalue weighted by atomic mass is 9.90. The van der Waals surface area contributed by atoms with Crippen LogP contribution in [0.4, 0.5) is 10.5 Å². The number of anilines is 1. The lowest BCUT2D eigenvalue weighted by Crippen LogP contribution is -2.27. The minimum Gasteiger partial charge on any atom is -0.444 e. The van der Waals surface area contributed by atoms with Crippen molar-refractivity contribution in [2.45, 2.75) is 71.9 Å². The second kappa shape index (κ2) is 7.52. The zero-order valence-electron chi connectivity index (χ0n) is 16.3. The highest BCUT2D eigenvalue weighted by Crippen LogP contribution is 2.34. The fourth-order valence-corrected chi connectivity index (χ4v) is 3.31. The molecule has 0 unspecified atom stereocenters. The first-order chi connectivity index (χ1) is 12.4. The van der Waals surface area contributed by atoms with Crippen LogP contribution >= 0.6 is 0 Å². The van der Waals surface area contributed by atoms with Gasteiger partial charge in [0.15, 0.2) is 0 Å². The highest BCUT2D eigenvalue weighted by Gasteiger charge is 2.21. The van der Waals surface area contributed by atoms with E-state index in [9.17, 15) is 4.79 Å². The van der Waals surface area contributed by atoms with Crippen molar-refractivity contribution < 1.29 is 9.53 Å². The molecule has 3 rings (SSSR count). The van der Waals surface area contributed by atoms with Gasteiger partial charge in [-0.2, -0.15) is 5.10 Å². The van der Waals surface area contributed by atoms with Crippen LogP contribution in [0.2, 0.25) is 0 Å². The summed E-state index contributed by atoms with van der Waals surface area (Å²) in [5.41, 5.74) is 5.08. The monoisotopic (exact) mass is 355 g/mol. The Kier molecular flexibility index (Phi) is 5.35. The molecule has 140 valence electrons. The van der Waals surface area contributed by atoms with E-state index in [1.54, 1.807) is 0 Å². The zero-order valence-corrected chi connectivity index (χ0v) is 16.3. The zero-order chi connectivity index (χ0) is 18.7. The number of hydrogen-bond donors (Lipinski definition) is 1. The van der Waals surface area contributed by atoms with Crippen LogP contribution in [0.15, 0.2) is 24.4 Å². The molecular formula is C21H29N3O2. The van der Waals surface area contributed by atoms with Crippen molar-refractivity contribution >= 4 is 11.8 Å². The molecule has 1 aromatic heterocycles. The second-order valence-electron chi connectivity index (χ2n) is 7.97. The molecule has 1 aliphatic carbocycles. The fourth-order valence-electron chi connectivity index (χ4n) is 3.31. The van der Waals surface area contributed by atoms with Crippen molar-refractivity contribution in [3.63, 3.8) is 0 Å². The molecule has 1 amide bonds. The van der Waals surface area contributed by atoms with Gasteiger partial charge in [-0.15, -0.1) is 0 Å². The van der Waals surface area contributed by atoms with Crippen LogP contribution in [-0.2, 0) is 24.1 Å². The number of nitrogens with zero attached hydrogens (tertiary/aromatic N) is 2. The smallest absolute Gasteiger partial charge is 0.412 e. The predicted molar refractivity (Wildman–Crippen MR) is 104 cm³/mol. The van der Waals surface area contributed by atoms with Crippen LogP contribution in [0.25, 0.3) is 11.3 Å². The van der Waals surface area contributed by atoms with E-state index in [1.165, 1.54) is 36.0 Å². The molecule has 5 heteroatoms. The number of unbranched alkanes of at least 4 members (excludes halogenated alkanes) is 2. The summed E-state index contributed by atoms with van der Waals surface area (Å²) in [6.45, 7) is 8.77. The number of carbonyl (C=O) groups excluding carboxylic acids is 1. The number of amides is 1. The number of nitrogens with one attached hydrogen (secondary N) is 1. The lowest BCUT2D eigenvalue weighted by molar-refractivity contribution is 0.0636. The molecular weight excluding hydrogens is 326 g/mol. The van der Waals surface area contributed by atoms with Gasteiger partial charge in [0.2, 0.25) is 0 Å². The Balaban J connectivity index is 1.74. The summed E-state index contributed by atoms with van der Waals surface area (Å²) < 4.78 is 7.41. The Hall–Kier alpha value is -2.30. The molecule has 1 aromatic carbocycles. The quantitative estimate of drug-likeness (QED) is 0.751. The molecule has 0 radical (unpaired) electrons. The van der Waals surface area contributed by atoms with Gasteiger partial charge in [0.05, 0.1) is 5.69 Å². The molecule has 0 atom stereocenters. The first-order valence-corrected chi connectivity index (χ1v) is 9.55. The summed E-state index contributed by atoms with van der Waals surface area (Å²) in [4.78, 5) is 12.0. The van der Waals surface area contributed by atoms with Gasteiger partial charge in [0, 0.05) is 24.0 Å². The average molecular weight is 355 g/mol. The van der Waals surface area contributed by atoms with Crippen molar-refractivity contribution in [3.05, 3.63) is 35.5 Å². The molecule has 1 N–H and O–H groups in total. The Morgan fingerprint density at radius 1 is 1.23 bits per heavy atom. The topological polar surface area (TPSA) is 56.2 Å². The van der Waals surface area contributed by atoms with Gasteiger partial charge >= 0.3 is 6.09 Å². The van der Waals surface area contributed by atoms with E-state index in [0.717, 1.165) is 30.8 Å². The van der Waals surface area contributed by atoms with Crippen LogP contribution in [0, 0.1) is 0 Å². The van der Waals surface area contributed by atoms with E-state index in [1.807, 2.05) is 32.9 Å². The summed E-state index contributed by atoms with van der Waals surface area (Å²) in [7, 11) is 0. The van der Waals surface area contributed by atoms with Gasteiger partial charge in [-0.1, -0.05) is 25.8 Å². The maximum atomic E-state index is 12.0. The minimum absolute atomic E-state index is 0.422.